The van der Waals surface area contributed by atoms with Crippen LogP contribution in [0.5, 0.6) is 5.75 Å². The summed E-state index contributed by atoms with van der Waals surface area (Å²) in [5, 5.41) is 11.9. The van der Waals surface area contributed by atoms with E-state index in [-0.39, 0.29) is 24.4 Å². The molecule has 2 N–H and O–H groups in total. The molecule has 4 nitrogen and oxygen atoms in total. The third-order valence-corrected chi connectivity index (χ3v) is 3.33. The molecule has 0 spiro atoms. The van der Waals surface area contributed by atoms with E-state index in [0.717, 1.165) is 6.07 Å². The van der Waals surface area contributed by atoms with Crippen LogP contribution < -0.4 is 10.1 Å². The summed E-state index contributed by atoms with van der Waals surface area (Å²) in [6.45, 7) is 0.405. The molecule has 2 atom stereocenters. The Morgan fingerprint density at radius 2 is 2.05 bits per heavy atom. The van der Waals surface area contributed by atoms with Crippen molar-refractivity contribution in [2.45, 2.75) is 25.2 Å². The topological polar surface area (TPSA) is 58.6 Å². The number of carbonyl (C=O) groups is 1. The van der Waals surface area contributed by atoms with Gasteiger partial charge in [0.25, 0.3) is 0 Å². The molecule has 1 aliphatic heterocycles. The Kier molecular flexibility index (Phi) is 6.01. The molecule has 22 heavy (non-hydrogen) atoms. The molecule has 0 radical (unpaired) electrons. The molecule has 0 aliphatic carbocycles. The Labute approximate surface area is 129 Å². The summed E-state index contributed by atoms with van der Waals surface area (Å²) >= 11 is 0. The van der Waals surface area contributed by atoms with Crippen molar-refractivity contribution in [2.75, 3.05) is 6.54 Å². The molecule has 2 rings (SSSR count). The maximum absolute atomic E-state index is 13.9. The van der Waals surface area contributed by atoms with Crippen molar-refractivity contribution in [3.05, 3.63) is 29.6 Å². The van der Waals surface area contributed by atoms with Gasteiger partial charge in [-0.3, -0.25) is 4.79 Å². The summed E-state index contributed by atoms with van der Waals surface area (Å²) in [6.07, 6.45) is -4.26. The quantitative estimate of drug-likeness (QED) is 0.827. The second-order valence-corrected chi connectivity index (χ2v) is 4.80. The lowest BCUT2D eigenvalue weighted by molar-refractivity contribution is -0.274. The summed E-state index contributed by atoms with van der Waals surface area (Å²) in [7, 11) is 0. The molecule has 0 bridgehead atoms. The molecule has 124 valence electrons. The normalized spacial score (nSPS) is 21.8. The predicted octanol–water partition coefficient (Wildman–Crippen LogP) is 3.27. The summed E-state index contributed by atoms with van der Waals surface area (Å²) in [5.41, 5.74) is 0.135. The van der Waals surface area contributed by atoms with E-state index in [4.69, 9.17) is 5.11 Å². The Balaban J connectivity index is 0.00000242. The number of piperidine rings is 1. The zero-order valence-corrected chi connectivity index (χ0v) is 12.0. The van der Waals surface area contributed by atoms with Crippen LogP contribution in [-0.4, -0.2) is 24.0 Å². The summed E-state index contributed by atoms with van der Waals surface area (Å²) in [4.78, 5) is 11.0. The largest absolute Gasteiger partial charge is 0.573 e. The number of ether oxygens (including phenoxy) is 1. The molecule has 1 aromatic rings. The van der Waals surface area contributed by atoms with E-state index < -0.39 is 35.9 Å². The minimum Gasteiger partial charge on any atom is -0.481 e. The van der Waals surface area contributed by atoms with Crippen molar-refractivity contribution in [1.29, 1.82) is 0 Å². The summed E-state index contributed by atoms with van der Waals surface area (Å²) < 4.78 is 53.7. The van der Waals surface area contributed by atoms with Crippen molar-refractivity contribution in [1.82, 2.24) is 5.32 Å². The van der Waals surface area contributed by atoms with Crippen LogP contribution in [0.4, 0.5) is 17.6 Å². The number of hydrogen-bond acceptors (Lipinski definition) is 3. The van der Waals surface area contributed by atoms with E-state index in [1.165, 1.54) is 6.07 Å². The van der Waals surface area contributed by atoms with Gasteiger partial charge in [0.15, 0.2) is 0 Å². The van der Waals surface area contributed by atoms with Gasteiger partial charge in [-0.1, -0.05) is 6.07 Å². The Morgan fingerprint density at radius 3 is 2.59 bits per heavy atom. The molecule has 0 amide bonds. The zero-order valence-electron chi connectivity index (χ0n) is 11.2. The summed E-state index contributed by atoms with van der Waals surface area (Å²) in [6, 6.07) is 2.30. The Morgan fingerprint density at radius 1 is 1.36 bits per heavy atom. The van der Waals surface area contributed by atoms with E-state index >= 15 is 0 Å². The highest BCUT2D eigenvalue weighted by molar-refractivity contribution is 5.85. The van der Waals surface area contributed by atoms with E-state index in [9.17, 15) is 22.4 Å². The predicted molar refractivity (Wildman–Crippen MR) is 71.4 cm³/mol. The molecule has 1 aromatic carbocycles. The van der Waals surface area contributed by atoms with E-state index in [2.05, 4.69) is 10.1 Å². The smallest absolute Gasteiger partial charge is 0.481 e. The van der Waals surface area contributed by atoms with Gasteiger partial charge in [-0.25, -0.2) is 4.39 Å². The van der Waals surface area contributed by atoms with Crippen molar-refractivity contribution in [2.24, 2.45) is 5.92 Å². The number of nitrogens with one attached hydrogen (secondary N) is 1. The third-order valence-electron chi connectivity index (χ3n) is 3.33. The first-order valence-electron chi connectivity index (χ1n) is 6.27. The number of aliphatic carboxylic acids is 1. The fourth-order valence-electron chi connectivity index (χ4n) is 2.37. The highest BCUT2D eigenvalue weighted by atomic mass is 35.5. The number of alkyl halides is 3. The van der Waals surface area contributed by atoms with Crippen LogP contribution in [0.3, 0.4) is 0 Å². The first-order valence-corrected chi connectivity index (χ1v) is 6.27. The highest BCUT2D eigenvalue weighted by Crippen LogP contribution is 2.31. The molecule has 1 fully saturated rings. The lowest BCUT2D eigenvalue weighted by Crippen LogP contribution is -2.35. The fourth-order valence-corrected chi connectivity index (χ4v) is 2.37. The van der Waals surface area contributed by atoms with Crippen LogP contribution in [0.2, 0.25) is 0 Å². The lowest BCUT2D eigenvalue weighted by atomic mass is 9.88. The fraction of sp³-hybridized carbons (Fsp3) is 0.462. The summed E-state index contributed by atoms with van der Waals surface area (Å²) in [5.74, 6) is -3.06. The molecule has 9 heteroatoms. The number of carboxylic acid groups (broad SMARTS) is 1. The lowest BCUT2D eigenvalue weighted by Gasteiger charge is -2.28. The number of benzene rings is 1. The van der Waals surface area contributed by atoms with E-state index in [1.807, 2.05) is 0 Å². The van der Waals surface area contributed by atoms with Gasteiger partial charge in [0.1, 0.15) is 11.6 Å². The SMILES string of the molecule is Cl.O=C(O)C1CCNC(c2ccc(OC(F)(F)F)cc2F)C1. The highest BCUT2D eigenvalue weighted by Gasteiger charge is 2.32. The van der Waals surface area contributed by atoms with Crippen molar-refractivity contribution in [3.63, 3.8) is 0 Å². The van der Waals surface area contributed by atoms with Gasteiger partial charge in [-0.15, -0.1) is 25.6 Å². The zero-order chi connectivity index (χ0) is 15.6. The third kappa shape index (κ3) is 4.74. The van der Waals surface area contributed by atoms with Crippen LogP contribution >= 0.6 is 12.4 Å². The van der Waals surface area contributed by atoms with Crippen LogP contribution in [0.25, 0.3) is 0 Å². The molecule has 1 aliphatic rings. The minimum absolute atomic E-state index is 0. The standard InChI is InChI=1S/C13H13F4NO3.ClH/c14-10-6-8(21-13(15,16)17)1-2-9(10)11-5-7(12(19)20)3-4-18-11;/h1-2,6-7,11,18H,3-5H2,(H,19,20);1H. The second kappa shape index (κ2) is 7.15. The first kappa shape index (κ1) is 18.5. The van der Waals surface area contributed by atoms with Gasteiger partial charge >= 0.3 is 12.3 Å². The second-order valence-electron chi connectivity index (χ2n) is 4.80. The van der Waals surface area contributed by atoms with Crippen molar-refractivity contribution < 1.29 is 32.2 Å². The van der Waals surface area contributed by atoms with Gasteiger partial charge in [-0.2, -0.15) is 0 Å². The monoisotopic (exact) mass is 343 g/mol. The molecule has 2 unspecified atom stereocenters. The number of rotatable bonds is 3. The number of hydrogen-bond donors (Lipinski definition) is 2. The number of carboxylic acids is 1. The van der Waals surface area contributed by atoms with E-state index in [1.54, 1.807) is 0 Å². The van der Waals surface area contributed by atoms with Crippen LogP contribution in [0.1, 0.15) is 24.4 Å². The van der Waals surface area contributed by atoms with Crippen LogP contribution in [0.15, 0.2) is 18.2 Å². The van der Waals surface area contributed by atoms with Crippen LogP contribution in [0, 0.1) is 11.7 Å². The van der Waals surface area contributed by atoms with E-state index in [0.29, 0.717) is 19.0 Å². The maximum Gasteiger partial charge on any atom is 0.573 e. The molecular weight excluding hydrogens is 330 g/mol. The Bertz CT molecular complexity index is 539. The molecule has 0 saturated carbocycles. The van der Waals surface area contributed by atoms with Gasteiger partial charge in [0.2, 0.25) is 0 Å². The molecule has 0 aromatic heterocycles. The Hall–Kier alpha value is -1.54. The molecule has 1 saturated heterocycles. The molecule has 1 heterocycles. The number of halogens is 5. The average Bonchev–Trinajstić information content (AvgIpc) is 2.37. The van der Waals surface area contributed by atoms with Crippen LogP contribution in [-0.2, 0) is 4.79 Å². The first-order chi connectivity index (χ1) is 9.76. The van der Waals surface area contributed by atoms with Crippen molar-refractivity contribution in [3.8, 4) is 5.75 Å². The van der Waals surface area contributed by atoms with Gasteiger partial charge in [0, 0.05) is 17.7 Å². The maximum atomic E-state index is 13.9. The van der Waals surface area contributed by atoms with Gasteiger partial charge < -0.3 is 15.2 Å². The average molecular weight is 344 g/mol. The minimum atomic E-state index is -4.88. The van der Waals surface area contributed by atoms with Gasteiger partial charge in [0.05, 0.1) is 5.92 Å². The molecular formula is C13H14ClF4NO3. The van der Waals surface area contributed by atoms with Crippen molar-refractivity contribution >= 4 is 18.4 Å². The van der Waals surface area contributed by atoms with Gasteiger partial charge in [-0.05, 0) is 25.5 Å².